The van der Waals surface area contributed by atoms with Crippen LogP contribution in [0.25, 0.3) is 0 Å². The maximum Gasteiger partial charge on any atom is 0.573 e. The number of thiocarbonyl (C=S) groups is 1. The Bertz CT molecular complexity index is 632. The predicted octanol–water partition coefficient (Wildman–Crippen LogP) is 1.01. The van der Waals surface area contributed by atoms with E-state index in [0.717, 1.165) is 49.2 Å². The molecule has 3 N–H and O–H groups in total. The summed E-state index contributed by atoms with van der Waals surface area (Å²) in [5, 5.41) is 6.64. The van der Waals surface area contributed by atoms with Crippen molar-refractivity contribution in [2.24, 2.45) is 0 Å². The summed E-state index contributed by atoms with van der Waals surface area (Å²) in [4.78, 5) is 15.4. The first-order valence-corrected chi connectivity index (χ1v) is 9.19. The van der Waals surface area contributed by atoms with E-state index in [1.807, 2.05) is 0 Å². The lowest BCUT2D eigenvalue weighted by Gasteiger charge is -2.33. The molecule has 10 heteroatoms. The highest BCUT2D eigenvalue weighted by atomic mass is 32.1. The summed E-state index contributed by atoms with van der Waals surface area (Å²) >= 11 is 5.34. The smallest absolute Gasteiger partial charge is 0.406 e. The van der Waals surface area contributed by atoms with Crippen LogP contribution < -0.4 is 20.3 Å². The van der Waals surface area contributed by atoms with Gasteiger partial charge in [0, 0.05) is 12.2 Å². The molecule has 6 nitrogen and oxygen atoms in total. The monoisotopic (exact) mass is 405 g/mol. The molecule has 2 rings (SSSR count). The highest BCUT2D eigenvalue weighted by molar-refractivity contribution is 7.80. The average Bonchev–Trinajstić information content (AvgIpc) is 2.60. The molecule has 0 aliphatic carbocycles. The van der Waals surface area contributed by atoms with E-state index in [9.17, 15) is 18.0 Å². The van der Waals surface area contributed by atoms with Crippen LogP contribution >= 0.6 is 12.2 Å². The van der Waals surface area contributed by atoms with Crippen molar-refractivity contribution in [1.29, 1.82) is 0 Å². The van der Waals surface area contributed by atoms with Crippen molar-refractivity contribution < 1.29 is 27.6 Å². The van der Waals surface area contributed by atoms with Crippen molar-refractivity contribution in [3.05, 3.63) is 24.3 Å². The van der Waals surface area contributed by atoms with E-state index >= 15 is 0 Å². The number of ether oxygens (including phenoxy) is 1. The van der Waals surface area contributed by atoms with E-state index in [1.165, 1.54) is 24.3 Å². The van der Waals surface area contributed by atoms with Crippen LogP contribution in [0.5, 0.6) is 5.75 Å². The van der Waals surface area contributed by atoms with Crippen molar-refractivity contribution in [3.63, 3.8) is 0 Å². The Morgan fingerprint density at radius 1 is 1.26 bits per heavy atom. The fourth-order valence-electron chi connectivity index (χ4n) is 2.72. The number of rotatable bonds is 6. The largest absolute Gasteiger partial charge is 0.573 e. The maximum absolute atomic E-state index is 12.2. The number of quaternary nitrogens is 1. The highest BCUT2D eigenvalue weighted by Gasteiger charge is 2.31. The number of carbonyl (C=O) groups is 1. The van der Waals surface area contributed by atoms with E-state index in [2.05, 4.69) is 27.2 Å². The van der Waals surface area contributed by atoms with Gasteiger partial charge < -0.3 is 25.2 Å². The second-order valence-corrected chi connectivity index (χ2v) is 6.65. The lowest BCUT2D eigenvalue weighted by Crippen LogP contribution is -3.15. The molecule has 0 bridgehead atoms. The van der Waals surface area contributed by atoms with Gasteiger partial charge >= 0.3 is 6.36 Å². The van der Waals surface area contributed by atoms with Crippen molar-refractivity contribution >= 4 is 28.9 Å². The Balaban J connectivity index is 1.74. The van der Waals surface area contributed by atoms with Crippen molar-refractivity contribution in [2.45, 2.75) is 19.7 Å². The molecule has 1 aromatic rings. The number of hydrogen-bond acceptors (Lipinski definition) is 3. The van der Waals surface area contributed by atoms with Gasteiger partial charge in [0.05, 0.1) is 26.2 Å². The van der Waals surface area contributed by atoms with Gasteiger partial charge in [-0.25, -0.2) is 0 Å². The third-order valence-electron chi connectivity index (χ3n) is 4.07. The summed E-state index contributed by atoms with van der Waals surface area (Å²) in [7, 11) is 0. The van der Waals surface area contributed by atoms with Crippen LogP contribution in [-0.4, -0.2) is 61.6 Å². The molecule has 0 unspecified atom stereocenters. The van der Waals surface area contributed by atoms with Crippen LogP contribution in [-0.2, 0) is 4.79 Å². The molecule has 1 aliphatic rings. The topological polar surface area (TPSA) is 58.0 Å². The molecule has 150 valence electrons. The van der Waals surface area contributed by atoms with Crippen molar-refractivity contribution in [1.82, 2.24) is 10.2 Å². The van der Waals surface area contributed by atoms with Gasteiger partial charge in [-0.2, -0.15) is 0 Å². The fraction of sp³-hybridized carbons (Fsp3) is 0.529. The third kappa shape index (κ3) is 7.59. The summed E-state index contributed by atoms with van der Waals surface area (Å²) in [5.41, 5.74) is 0.428. The molecule has 0 aromatic heterocycles. The van der Waals surface area contributed by atoms with Crippen LogP contribution in [0.3, 0.4) is 0 Å². The second kappa shape index (κ2) is 9.75. The molecular formula is C17H24F3N4O2S+. The molecule has 0 saturated carbocycles. The number of hydrogen-bond donors (Lipinski definition) is 3. The Morgan fingerprint density at radius 3 is 2.44 bits per heavy atom. The summed E-state index contributed by atoms with van der Waals surface area (Å²) in [6.45, 7) is 6.36. The molecule has 1 heterocycles. The van der Waals surface area contributed by atoms with E-state index in [4.69, 9.17) is 12.2 Å². The quantitative estimate of drug-likeness (QED) is 0.617. The minimum absolute atomic E-state index is 0.186. The van der Waals surface area contributed by atoms with Gasteiger partial charge in [0.25, 0.3) is 5.91 Å². The summed E-state index contributed by atoms with van der Waals surface area (Å²) in [6.07, 6.45) is -3.72. The zero-order valence-electron chi connectivity index (χ0n) is 15.1. The Morgan fingerprint density at radius 2 is 1.89 bits per heavy atom. The molecule has 1 aliphatic heterocycles. The minimum atomic E-state index is -4.73. The van der Waals surface area contributed by atoms with Crippen LogP contribution in [0, 0.1) is 0 Å². The molecule has 1 saturated heterocycles. The first kappa shape index (κ1) is 21.2. The molecule has 0 spiro atoms. The minimum Gasteiger partial charge on any atom is -0.406 e. The van der Waals surface area contributed by atoms with Gasteiger partial charge in [0.2, 0.25) is 0 Å². The number of piperazine rings is 1. The van der Waals surface area contributed by atoms with Gasteiger partial charge in [-0.15, -0.1) is 13.2 Å². The SMILES string of the molecule is CCCNC(=S)N1CC[NH+](CC(=O)Nc2ccc(OC(F)(F)F)cc2)CC1. The van der Waals surface area contributed by atoms with Crippen molar-refractivity contribution in [2.75, 3.05) is 44.6 Å². The second-order valence-electron chi connectivity index (χ2n) is 6.27. The van der Waals surface area contributed by atoms with Crippen LogP contribution in [0.1, 0.15) is 13.3 Å². The lowest BCUT2D eigenvalue weighted by atomic mass is 10.3. The number of benzene rings is 1. The fourth-order valence-corrected chi connectivity index (χ4v) is 3.00. The number of nitrogens with zero attached hydrogens (tertiary/aromatic N) is 1. The number of alkyl halides is 3. The lowest BCUT2D eigenvalue weighted by molar-refractivity contribution is -0.895. The summed E-state index contributed by atoms with van der Waals surface area (Å²) < 4.78 is 40.2. The standard InChI is InChI=1S/C17H23F3N4O2S/c1-2-7-21-16(27)24-10-8-23(9-11-24)12-15(25)22-13-3-5-14(6-4-13)26-17(18,19)20/h3-6H,2,7-12H2,1H3,(H,21,27)(H,22,25)/p+1. The number of carbonyl (C=O) groups excluding carboxylic acids is 1. The Kier molecular flexibility index (Phi) is 7.66. The zero-order valence-corrected chi connectivity index (χ0v) is 15.9. The van der Waals surface area contributed by atoms with Crippen molar-refractivity contribution in [3.8, 4) is 5.75 Å². The molecule has 1 amide bonds. The Labute approximate surface area is 161 Å². The van der Waals surface area contributed by atoms with Crippen LogP contribution in [0.2, 0.25) is 0 Å². The highest BCUT2D eigenvalue weighted by Crippen LogP contribution is 2.23. The molecule has 27 heavy (non-hydrogen) atoms. The first-order valence-electron chi connectivity index (χ1n) is 8.79. The normalized spacial score (nSPS) is 15.3. The maximum atomic E-state index is 12.2. The van der Waals surface area contributed by atoms with Gasteiger partial charge in [-0.1, -0.05) is 6.92 Å². The number of amides is 1. The molecule has 0 radical (unpaired) electrons. The van der Waals surface area contributed by atoms with Gasteiger partial charge in [-0.05, 0) is 42.9 Å². The van der Waals surface area contributed by atoms with E-state index in [-0.39, 0.29) is 11.7 Å². The number of nitrogens with one attached hydrogen (secondary N) is 3. The van der Waals surface area contributed by atoms with Gasteiger partial charge in [0.1, 0.15) is 5.75 Å². The third-order valence-corrected chi connectivity index (χ3v) is 4.47. The van der Waals surface area contributed by atoms with Crippen LogP contribution in [0.4, 0.5) is 18.9 Å². The molecule has 1 aromatic carbocycles. The Hall–Kier alpha value is -2.07. The van der Waals surface area contributed by atoms with E-state index in [1.54, 1.807) is 0 Å². The zero-order chi connectivity index (χ0) is 19.9. The van der Waals surface area contributed by atoms with E-state index in [0.29, 0.717) is 12.2 Å². The van der Waals surface area contributed by atoms with Gasteiger partial charge in [0.15, 0.2) is 11.7 Å². The molecular weight excluding hydrogens is 381 g/mol. The van der Waals surface area contributed by atoms with Crippen LogP contribution in [0.15, 0.2) is 24.3 Å². The van der Waals surface area contributed by atoms with Gasteiger partial charge in [-0.3, -0.25) is 4.79 Å². The molecule has 1 fully saturated rings. The molecule has 0 atom stereocenters. The number of halogens is 3. The average molecular weight is 405 g/mol. The first-order chi connectivity index (χ1) is 12.8. The summed E-state index contributed by atoms with van der Waals surface area (Å²) in [6, 6.07) is 5.09. The predicted molar refractivity (Wildman–Crippen MR) is 99.8 cm³/mol. The summed E-state index contributed by atoms with van der Waals surface area (Å²) in [5.74, 6) is -0.510. The number of anilines is 1. The van der Waals surface area contributed by atoms with E-state index < -0.39 is 6.36 Å².